The summed E-state index contributed by atoms with van der Waals surface area (Å²) in [6.07, 6.45) is 2.03. The molecule has 1 aromatic carbocycles. The minimum Gasteiger partial charge on any atom is -0.497 e. The third kappa shape index (κ3) is 2.81. The first kappa shape index (κ1) is 14.9. The van der Waals surface area contributed by atoms with Gasteiger partial charge in [-0.2, -0.15) is 0 Å². The molecule has 0 N–H and O–H groups in total. The number of hydrogen-bond acceptors (Lipinski definition) is 4. The second-order valence-corrected chi connectivity index (χ2v) is 4.62. The summed E-state index contributed by atoms with van der Waals surface area (Å²) in [6.45, 7) is 6.97. The van der Waals surface area contributed by atoms with Gasteiger partial charge in [0, 0.05) is 5.56 Å². The third-order valence-corrected chi connectivity index (χ3v) is 3.28. The Hall–Kier alpha value is -1.52. The van der Waals surface area contributed by atoms with Crippen LogP contribution < -0.4 is 4.74 Å². The second kappa shape index (κ2) is 6.29. The van der Waals surface area contributed by atoms with Crippen LogP contribution in [0.25, 0.3) is 5.76 Å². The van der Waals surface area contributed by atoms with Gasteiger partial charge in [-0.1, -0.05) is 0 Å². The van der Waals surface area contributed by atoms with Gasteiger partial charge in [-0.15, -0.1) is 0 Å². The van der Waals surface area contributed by atoms with E-state index in [0.717, 1.165) is 17.1 Å². The summed E-state index contributed by atoms with van der Waals surface area (Å²) in [6, 6.07) is 7.74. The van der Waals surface area contributed by atoms with Gasteiger partial charge in [0.15, 0.2) is 0 Å². The maximum absolute atomic E-state index is 5.98. The van der Waals surface area contributed by atoms with E-state index in [0.29, 0.717) is 13.2 Å². The zero-order valence-corrected chi connectivity index (χ0v) is 12.5. The maximum Gasteiger partial charge on any atom is 0.333 e. The molecular weight excluding hydrogens is 256 g/mol. The van der Waals surface area contributed by atoms with Crippen LogP contribution in [0.4, 0.5) is 0 Å². The predicted octanol–water partition coefficient (Wildman–Crippen LogP) is 3.43. The van der Waals surface area contributed by atoms with E-state index in [1.54, 1.807) is 7.11 Å². The van der Waals surface area contributed by atoms with Crippen LogP contribution in [0.2, 0.25) is 0 Å². The summed E-state index contributed by atoms with van der Waals surface area (Å²) in [5.41, 5.74) is 0.985. The second-order valence-electron chi connectivity index (χ2n) is 4.62. The van der Waals surface area contributed by atoms with Crippen LogP contribution in [0.3, 0.4) is 0 Å². The van der Waals surface area contributed by atoms with E-state index >= 15 is 0 Å². The highest BCUT2D eigenvalue weighted by atomic mass is 16.9. The Bertz CT molecular complexity index is 458. The minimum atomic E-state index is -1.00. The average Bonchev–Trinajstić information content (AvgIpc) is 2.77. The molecule has 2 rings (SSSR count). The van der Waals surface area contributed by atoms with Crippen LogP contribution >= 0.6 is 0 Å². The summed E-state index contributed by atoms with van der Waals surface area (Å²) in [7, 11) is 1.65. The zero-order chi connectivity index (χ0) is 14.6. The van der Waals surface area contributed by atoms with E-state index < -0.39 is 5.97 Å². The topological polar surface area (TPSA) is 36.9 Å². The minimum absolute atomic E-state index is 0.0273. The molecule has 1 aliphatic heterocycles. The Morgan fingerprint density at radius 3 is 2.20 bits per heavy atom. The summed E-state index contributed by atoms with van der Waals surface area (Å²) in [5.74, 6) is 0.626. The Balaban J connectivity index is 2.20. The first-order chi connectivity index (χ1) is 9.65. The summed E-state index contributed by atoms with van der Waals surface area (Å²) >= 11 is 0. The Morgan fingerprint density at radius 1 is 1.10 bits per heavy atom. The molecule has 1 atom stereocenters. The fraction of sp³-hybridized carbons (Fsp3) is 0.500. The molecule has 1 heterocycles. The van der Waals surface area contributed by atoms with Crippen molar-refractivity contribution in [3.05, 3.63) is 35.9 Å². The van der Waals surface area contributed by atoms with E-state index in [1.807, 2.05) is 51.1 Å². The molecule has 0 saturated carbocycles. The highest BCUT2D eigenvalue weighted by Gasteiger charge is 2.45. The number of hydrogen-bond donors (Lipinski definition) is 0. The molecule has 0 aromatic heterocycles. The van der Waals surface area contributed by atoms with Crippen LogP contribution in [0.5, 0.6) is 5.75 Å². The Labute approximate surface area is 120 Å². The lowest BCUT2D eigenvalue weighted by Gasteiger charge is -2.32. The monoisotopic (exact) mass is 278 g/mol. The first-order valence-electron chi connectivity index (χ1n) is 6.98. The van der Waals surface area contributed by atoms with E-state index in [-0.39, 0.29) is 5.92 Å². The zero-order valence-electron chi connectivity index (χ0n) is 12.5. The van der Waals surface area contributed by atoms with Crippen molar-refractivity contribution in [2.75, 3.05) is 20.3 Å². The number of ether oxygens (including phenoxy) is 4. The fourth-order valence-electron chi connectivity index (χ4n) is 2.29. The summed E-state index contributed by atoms with van der Waals surface area (Å²) < 4.78 is 22.6. The molecule has 1 unspecified atom stereocenters. The van der Waals surface area contributed by atoms with Crippen molar-refractivity contribution in [3.8, 4) is 5.75 Å². The van der Waals surface area contributed by atoms with Gasteiger partial charge >= 0.3 is 5.97 Å². The van der Waals surface area contributed by atoms with E-state index in [1.165, 1.54) is 0 Å². The van der Waals surface area contributed by atoms with E-state index in [9.17, 15) is 0 Å². The molecule has 0 fully saturated rings. The van der Waals surface area contributed by atoms with E-state index in [2.05, 4.69) is 0 Å². The summed E-state index contributed by atoms with van der Waals surface area (Å²) in [5, 5.41) is 0. The molecule has 0 aliphatic carbocycles. The smallest absolute Gasteiger partial charge is 0.333 e. The first-order valence-corrected chi connectivity index (χ1v) is 6.98. The van der Waals surface area contributed by atoms with Gasteiger partial charge in [0.25, 0.3) is 0 Å². The van der Waals surface area contributed by atoms with Gasteiger partial charge in [0.2, 0.25) is 0 Å². The van der Waals surface area contributed by atoms with Crippen molar-refractivity contribution >= 4 is 5.76 Å². The Kier molecular flexibility index (Phi) is 4.68. The number of benzene rings is 1. The number of methoxy groups -OCH3 is 1. The largest absolute Gasteiger partial charge is 0.497 e. The number of rotatable bonds is 6. The lowest BCUT2D eigenvalue weighted by atomic mass is 10.1. The van der Waals surface area contributed by atoms with Crippen molar-refractivity contribution in [3.63, 3.8) is 0 Å². The van der Waals surface area contributed by atoms with Gasteiger partial charge in [-0.25, -0.2) is 0 Å². The van der Waals surface area contributed by atoms with Gasteiger partial charge in [-0.3, -0.25) is 0 Å². The molecular formula is C16H22O4. The van der Waals surface area contributed by atoms with Gasteiger partial charge in [0.05, 0.1) is 26.2 Å². The molecule has 20 heavy (non-hydrogen) atoms. The quantitative estimate of drug-likeness (QED) is 0.747. The van der Waals surface area contributed by atoms with Crippen molar-refractivity contribution < 1.29 is 18.9 Å². The van der Waals surface area contributed by atoms with Crippen LogP contribution in [0.15, 0.2) is 30.3 Å². The van der Waals surface area contributed by atoms with Crippen LogP contribution in [0.1, 0.15) is 26.3 Å². The highest BCUT2D eigenvalue weighted by molar-refractivity contribution is 5.62. The lowest BCUT2D eigenvalue weighted by molar-refractivity contribution is -0.361. The molecule has 4 nitrogen and oxygen atoms in total. The van der Waals surface area contributed by atoms with E-state index in [4.69, 9.17) is 18.9 Å². The SMILES string of the molecule is CCOC1(OCC)OC(c2ccc(OC)cc2)=CC1C. The average molecular weight is 278 g/mol. The Morgan fingerprint density at radius 2 is 1.70 bits per heavy atom. The maximum atomic E-state index is 5.98. The van der Waals surface area contributed by atoms with Crippen LogP contribution in [-0.2, 0) is 14.2 Å². The van der Waals surface area contributed by atoms with Crippen molar-refractivity contribution in [2.24, 2.45) is 5.92 Å². The molecule has 4 heteroatoms. The molecule has 110 valence electrons. The van der Waals surface area contributed by atoms with Gasteiger partial charge in [0.1, 0.15) is 11.5 Å². The van der Waals surface area contributed by atoms with Crippen molar-refractivity contribution in [2.45, 2.75) is 26.7 Å². The van der Waals surface area contributed by atoms with Gasteiger partial charge in [-0.05, 0) is 51.1 Å². The standard InChI is InChI=1S/C16H22O4/c1-5-18-16(19-6-2)12(3)11-15(20-16)13-7-9-14(17-4)10-8-13/h7-12H,5-6H2,1-4H3. The molecule has 0 spiro atoms. The fourth-order valence-corrected chi connectivity index (χ4v) is 2.29. The normalized spacial score (nSPS) is 20.4. The van der Waals surface area contributed by atoms with Gasteiger partial charge < -0.3 is 18.9 Å². The van der Waals surface area contributed by atoms with Crippen LogP contribution in [0, 0.1) is 5.92 Å². The molecule has 0 saturated heterocycles. The molecule has 0 radical (unpaired) electrons. The predicted molar refractivity (Wildman–Crippen MR) is 77.2 cm³/mol. The molecule has 0 bridgehead atoms. The summed E-state index contributed by atoms with van der Waals surface area (Å²) in [4.78, 5) is 0. The molecule has 0 amide bonds. The van der Waals surface area contributed by atoms with Crippen molar-refractivity contribution in [1.29, 1.82) is 0 Å². The molecule has 1 aromatic rings. The molecule has 1 aliphatic rings. The third-order valence-electron chi connectivity index (χ3n) is 3.28. The van der Waals surface area contributed by atoms with Crippen molar-refractivity contribution in [1.82, 2.24) is 0 Å². The highest BCUT2D eigenvalue weighted by Crippen LogP contribution is 2.40. The van der Waals surface area contributed by atoms with Crippen LogP contribution in [-0.4, -0.2) is 26.3 Å². The lowest BCUT2D eigenvalue weighted by Crippen LogP contribution is -2.41.